The van der Waals surface area contributed by atoms with Crippen LogP contribution in [0.15, 0.2) is 12.2 Å². The zero-order valence-corrected chi connectivity index (χ0v) is 10.4. The van der Waals surface area contributed by atoms with Gasteiger partial charge in [0.2, 0.25) is 11.8 Å². The summed E-state index contributed by atoms with van der Waals surface area (Å²) in [5.41, 5.74) is 0. The molecule has 2 heterocycles. The van der Waals surface area contributed by atoms with E-state index in [1.807, 2.05) is 12.2 Å². The first-order valence-electron chi connectivity index (χ1n) is 6.69. The maximum absolute atomic E-state index is 12.3. The van der Waals surface area contributed by atoms with Crippen molar-refractivity contribution in [1.29, 1.82) is 0 Å². The highest BCUT2D eigenvalue weighted by atomic mass is 16.5. The third kappa shape index (κ3) is 1.97. The van der Waals surface area contributed by atoms with Crippen LogP contribution < -0.4 is 4.90 Å². The summed E-state index contributed by atoms with van der Waals surface area (Å²) in [6.07, 6.45) is 5.50. The summed E-state index contributed by atoms with van der Waals surface area (Å²) >= 11 is 0. The molecule has 2 aliphatic heterocycles. The standard InChI is InChI=1S/C13H18N2O3/c16-12-10-3-1-2-4-11(10)13(17)15(12)9-14-5-7-18-8-6-14/h1-2,10-11H,3-9H2/p+1/t10-,11+. The zero-order valence-electron chi connectivity index (χ0n) is 10.4. The van der Waals surface area contributed by atoms with Crippen molar-refractivity contribution in [2.45, 2.75) is 12.8 Å². The Hall–Kier alpha value is -1.20. The highest BCUT2D eigenvalue weighted by molar-refractivity contribution is 6.05. The van der Waals surface area contributed by atoms with Crippen LogP contribution in [0.4, 0.5) is 0 Å². The number of imide groups is 1. The molecule has 5 nitrogen and oxygen atoms in total. The molecule has 2 atom stereocenters. The van der Waals surface area contributed by atoms with Gasteiger partial charge < -0.3 is 9.64 Å². The summed E-state index contributed by atoms with van der Waals surface area (Å²) in [4.78, 5) is 27.3. The number of nitrogens with zero attached hydrogens (tertiary/aromatic N) is 1. The Labute approximate surface area is 106 Å². The first-order valence-corrected chi connectivity index (χ1v) is 6.69. The number of quaternary nitrogens is 1. The molecule has 1 N–H and O–H groups in total. The normalized spacial score (nSPS) is 33.0. The van der Waals surface area contributed by atoms with Crippen molar-refractivity contribution >= 4 is 11.8 Å². The number of fused-ring (bicyclic) bond motifs is 1. The molecule has 98 valence electrons. The van der Waals surface area contributed by atoms with Gasteiger partial charge in [-0.3, -0.25) is 9.59 Å². The van der Waals surface area contributed by atoms with Gasteiger partial charge in [0.15, 0.2) is 6.67 Å². The Balaban J connectivity index is 1.69. The Morgan fingerprint density at radius 3 is 2.22 bits per heavy atom. The van der Waals surface area contributed by atoms with Crippen LogP contribution in [0, 0.1) is 11.8 Å². The third-order valence-electron chi connectivity index (χ3n) is 4.18. The van der Waals surface area contributed by atoms with Gasteiger partial charge in [-0.2, -0.15) is 0 Å². The van der Waals surface area contributed by atoms with E-state index in [1.165, 1.54) is 9.80 Å². The lowest BCUT2D eigenvalue weighted by atomic mass is 9.85. The summed E-state index contributed by atoms with van der Waals surface area (Å²) in [6, 6.07) is 0. The molecule has 0 aromatic heterocycles. The quantitative estimate of drug-likeness (QED) is 0.496. The van der Waals surface area contributed by atoms with Gasteiger partial charge in [-0.1, -0.05) is 12.2 Å². The number of morpholine rings is 1. The molecular weight excluding hydrogens is 232 g/mol. The lowest BCUT2D eigenvalue weighted by Gasteiger charge is -2.27. The summed E-state index contributed by atoms with van der Waals surface area (Å²) in [5, 5.41) is 0. The molecule has 3 aliphatic rings. The van der Waals surface area contributed by atoms with Gasteiger partial charge >= 0.3 is 0 Å². The fraction of sp³-hybridized carbons (Fsp3) is 0.692. The van der Waals surface area contributed by atoms with E-state index in [9.17, 15) is 9.59 Å². The van der Waals surface area contributed by atoms with Crippen molar-refractivity contribution in [2.75, 3.05) is 33.0 Å². The molecule has 0 bridgehead atoms. The van der Waals surface area contributed by atoms with E-state index < -0.39 is 0 Å². The van der Waals surface area contributed by atoms with Crippen molar-refractivity contribution in [2.24, 2.45) is 11.8 Å². The second-order valence-corrected chi connectivity index (χ2v) is 5.28. The van der Waals surface area contributed by atoms with Gasteiger partial charge in [0.25, 0.3) is 0 Å². The second-order valence-electron chi connectivity index (χ2n) is 5.28. The topological polar surface area (TPSA) is 51.0 Å². The van der Waals surface area contributed by atoms with Crippen LogP contribution in [-0.2, 0) is 14.3 Å². The average Bonchev–Trinajstić information content (AvgIpc) is 2.66. The monoisotopic (exact) mass is 251 g/mol. The molecule has 3 rings (SSSR count). The minimum atomic E-state index is -0.0945. The highest BCUT2D eigenvalue weighted by Gasteiger charge is 2.48. The number of rotatable bonds is 2. The van der Waals surface area contributed by atoms with E-state index in [0.29, 0.717) is 6.67 Å². The number of hydrogen-bond donors (Lipinski definition) is 1. The fourth-order valence-electron chi connectivity index (χ4n) is 3.07. The third-order valence-corrected chi connectivity index (χ3v) is 4.18. The predicted molar refractivity (Wildman–Crippen MR) is 63.6 cm³/mol. The maximum atomic E-state index is 12.3. The zero-order chi connectivity index (χ0) is 12.5. The Morgan fingerprint density at radius 2 is 1.67 bits per heavy atom. The van der Waals surface area contributed by atoms with E-state index in [0.717, 1.165) is 39.1 Å². The summed E-state index contributed by atoms with van der Waals surface area (Å²) in [7, 11) is 0. The molecular formula is C13H19N2O3+. The van der Waals surface area contributed by atoms with Crippen LogP contribution in [0.5, 0.6) is 0 Å². The van der Waals surface area contributed by atoms with E-state index in [2.05, 4.69) is 0 Å². The molecule has 18 heavy (non-hydrogen) atoms. The van der Waals surface area contributed by atoms with Crippen LogP contribution in [0.1, 0.15) is 12.8 Å². The van der Waals surface area contributed by atoms with Crippen molar-refractivity contribution in [1.82, 2.24) is 4.90 Å². The molecule has 0 radical (unpaired) electrons. The number of nitrogens with one attached hydrogen (secondary N) is 1. The number of ether oxygens (including phenoxy) is 1. The fourth-order valence-corrected chi connectivity index (χ4v) is 3.07. The van der Waals surface area contributed by atoms with Gasteiger partial charge in [-0.15, -0.1) is 0 Å². The van der Waals surface area contributed by atoms with Crippen molar-refractivity contribution in [3.8, 4) is 0 Å². The second kappa shape index (κ2) is 4.82. The number of carbonyl (C=O) groups excluding carboxylic acids is 2. The van der Waals surface area contributed by atoms with Crippen LogP contribution in [-0.4, -0.2) is 49.7 Å². The average molecular weight is 251 g/mol. The van der Waals surface area contributed by atoms with Crippen LogP contribution in [0.25, 0.3) is 0 Å². The van der Waals surface area contributed by atoms with Crippen molar-refractivity contribution in [3.05, 3.63) is 12.2 Å². The van der Waals surface area contributed by atoms with Crippen molar-refractivity contribution < 1.29 is 19.2 Å². The number of allylic oxidation sites excluding steroid dienone is 2. The molecule has 0 spiro atoms. The van der Waals surface area contributed by atoms with E-state index in [1.54, 1.807) is 0 Å². The minimum Gasteiger partial charge on any atom is -0.370 e. The van der Waals surface area contributed by atoms with E-state index in [4.69, 9.17) is 4.74 Å². The highest BCUT2D eigenvalue weighted by Crippen LogP contribution is 2.34. The van der Waals surface area contributed by atoms with Crippen LogP contribution in [0.2, 0.25) is 0 Å². The van der Waals surface area contributed by atoms with Crippen LogP contribution in [0.3, 0.4) is 0 Å². The molecule has 0 saturated carbocycles. The SMILES string of the molecule is O=C1[C@H]2CC=CC[C@H]2C(=O)N1C[NH+]1CCOCC1. The summed E-state index contributed by atoms with van der Waals surface area (Å²) in [5.74, 6) is -0.118. The smallest absolute Gasteiger partial charge is 0.237 e. The molecule has 0 aromatic rings. The largest absolute Gasteiger partial charge is 0.370 e. The number of carbonyl (C=O) groups is 2. The van der Waals surface area contributed by atoms with Gasteiger partial charge in [-0.05, 0) is 12.8 Å². The van der Waals surface area contributed by atoms with Crippen molar-refractivity contribution in [3.63, 3.8) is 0 Å². The Morgan fingerprint density at radius 1 is 1.11 bits per heavy atom. The number of amides is 2. The van der Waals surface area contributed by atoms with E-state index in [-0.39, 0.29) is 23.7 Å². The molecule has 1 aliphatic carbocycles. The van der Waals surface area contributed by atoms with Gasteiger partial charge in [0.1, 0.15) is 13.1 Å². The number of likely N-dealkylation sites (tertiary alicyclic amines) is 1. The van der Waals surface area contributed by atoms with E-state index >= 15 is 0 Å². The van der Waals surface area contributed by atoms with Gasteiger partial charge in [0, 0.05) is 0 Å². The van der Waals surface area contributed by atoms with Gasteiger partial charge in [-0.25, -0.2) is 4.90 Å². The van der Waals surface area contributed by atoms with Crippen LogP contribution >= 0.6 is 0 Å². The Kier molecular flexibility index (Phi) is 3.18. The molecule has 2 amide bonds. The predicted octanol–water partition coefficient (Wildman–Crippen LogP) is -1.19. The first kappa shape index (κ1) is 11.9. The minimum absolute atomic E-state index is 0.0355. The lowest BCUT2D eigenvalue weighted by Crippen LogP contribution is -3.15. The van der Waals surface area contributed by atoms with Gasteiger partial charge in [0.05, 0.1) is 25.0 Å². The first-order chi connectivity index (χ1) is 8.77. The molecule has 0 aromatic carbocycles. The maximum Gasteiger partial charge on any atom is 0.237 e. The number of hydrogen-bond acceptors (Lipinski definition) is 3. The molecule has 0 unspecified atom stereocenters. The Bertz CT molecular complexity index is 362. The molecule has 2 fully saturated rings. The summed E-state index contributed by atoms with van der Waals surface area (Å²) in [6.45, 7) is 3.73. The molecule has 2 saturated heterocycles. The lowest BCUT2D eigenvalue weighted by molar-refractivity contribution is -0.915. The molecule has 5 heteroatoms. The summed E-state index contributed by atoms with van der Waals surface area (Å²) < 4.78 is 5.29.